The highest BCUT2D eigenvalue weighted by atomic mass is 15.1. The number of piperidine rings is 1. The van der Waals surface area contributed by atoms with E-state index in [-0.39, 0.29) is 0 Å². The lowest BCUT2D eigenvalue weighted by Crippen LogP contribution is -2.35. The highest BCUT2D eigenvalue weighted by Crippen LogP contribution is 2.40. The topological polar surface area (TPSA) is 29.9 Å². The normalized spacial score (nSPS) is 30.6. The molecule has 1 saturated heterocycles. The minimum absolute atomic E-state index is 0.731. The molecule has 3 heteroatoms. The Morgan fingerprint density at radius 2 is 2.31 bits per heavy atom. The molecular weight excluding hydrogens is 198 g/mol. The molecule has 0 radical (unpaired) electrons. The Bertz CT molecular complexity index is 354. The largest absolute Gasteiger partial charge is 0.331 e. The van der Waals surface area contributed by atoms with Crippen LogP contribution in [0.3, 0.4) is 0 Å². The van der Waals surface area contributed by atoms with Crippen molar-refractivity contribution in [3.05, 3.63) is 18.2 Å². The summed E-state index contributed by atoms with van der Waals surface area (Å²) in [6.45, 7) is 4.65. The third kappa shape index (κ3) is 1.77. The first-order valence-corrected chi connectivity index (χ1v) is 6.62. The van der Waals surface area contributed by atoms with E-state index in [0.29, 0.717) is 0 Å². The van der Waals surface area contributed by atoms with Crippen molar-refractivity contribution in [3.8, 4) is 0 Å². The fourth-order valence-corrected chi connectivity index (χ4v) is 3.00. The zero-order chi connectivity index (χ0) is 11.0. The van der Waals surface area contributed by atoms with Gasteiger partial charge in [0.05, 0.1) is 6.33 Å². The summed E-state index contributed by atoms with van der Waals surface area (Å²) >= 11 is 0. The maximum Gasteiger partial charge on any atom is 0.0950 e. The molecular formula is C13H21N3. The van der Waals surface area contributed by atoms with E-state index >= 15 is 0 Å². The van der Waals surface area contributed by atoms with Crippen LogP contribution in [-0.2, 0) is 0 Å². The van der Waals surface area contributed by atoms with Gasteiger partial charge in [-0.25, -0.2) is 4.98 Å². The quantitative estimate of drug-likeness (QED) is 0.845. The van der Waals surface area contributed by atoms with E-state index in [1.807, 2.05) is 6.33 Å². The van der Waals surface area contributed by atoms with Crippen LogP contribution >= 0.6 is 0 Å². The number of rotatable bonds is 3. The maximum atomic E-state index is 4.37. The summed E-state index contributed by atoms with van der Waals surface area (Å²) in [5.74, 6) is 1.53. The number of imidazole rings is 1. The smallest absolute Gasteiger partial charge is 0.0950 e. The van der Waals surface area contributed by atoms with E-state index in [1.54, 1.807) is 0 Å². The van der Waals surface area contributed by atoms with Gasteiger partial charge in [0.2, 0.25) is 0 Å². The summed E-state index contributed by atoms with van der Waals surface area (Å²) in [5.41, 5.74) is 1.50. The number of nitrogens with one attached hydrogen (secondary N) is 1. The summed E-state index contributed by atoms with van der Waals surface area (Å²) in [4.78, 5) is 4.37. The first kappa shape index (κ1) is 10.3. The Morgan fingerprint density at radius 3 is 3.06 bits per heavy atom. The monoisotopic (exact) mass is 219 g/mol. The molecule has 16 heavy (non-hydrogen) atoms. The molecule has 2 aliphatic rings. The Hall–Kier alpha value is -0.830. The summed E-state index contributed by atoms with van der Waals surface area (Å²) in [6, 6.07) is 0.768. The molecule has 1 aliphatic carbocycles. The summed E-state index contributed by atoms with van der Waals surface area (Å²) in [6.07, 6.45) is 9.40. The van der Waals surface area contributed by atoms with Gasteiger partial charge in [-0.15, -0.1) is 0 Å². The number of hydrogen-bond acceptors (Lipinski definition) is 2. The third-order valence-corrected chi connectivity index (χ3v) is 4.15. The lowest BCUT2D eigenvalue weighted by molar-refractivity contribution is 0.306. The number of hydrogen-bond donors (Lipinski definition) is 1. The van der Waals surface area contributed by atoms with Gasteiger partial charge >= 0.3 is 0 Å². The van der Waals surface area contributed by atoms with E-state index in [4.69, 9.17) is 0 Å². The average Bonchev–Trinajstić information content (AvgIpc) is 3.07. The molecule has 1 aromatic rings. The average molecular weight is 219 g/mol. The van der Waals surface area contributed by atoms with Gasteiger partial charge in [0.25, 0.3) is 0 Å². The fraction of sp³-hybridized carbons (Fsp3) is 0.769. The molecule has 3 rings (SSSR count). The minimum atomic E-state index is 0.731. The zero-order valence-corrected chi connectivity index (χ0v) is 10.0. The second-order valence-electron chi connectivity index (χ2n) is 5.22. The van der Waals surface area contributed by atoms with E-state index in [2.05, 4.69) is 28.0 Å². The van der Waals surface area contributed by atoms with Crippen LogP contribution in [0.15, 0.2) is 12.5 Å². The van der Waals surface area contributed by atoms with E-state index in [1.165, 1.54) is 37.9 Å². The van der Waals surface area contributed by atoms with Crippen LogP contribution in [0.5, 0.6) is 0 Å². The predicted octanol–water partition coefficient (Wildman–Crippen LogP) is 2.32. The Morgan fingerprint density at radius 1 is 1.44 bits per heavy atom. The van der Waals surface area contributed by atoms with Gasteiger partial charge < -0.3 is 9.88 Å². The van der Waals surface area contributed by atoms with Gasteiger partial charge in [0.15, 0.2) is 0 Å². The summed E-state index contributed by atoms with van der Waals surface area (Å²) in [5, 5.41) is 3.51. The van der Waals surface area contributed by atoms with Crippen LogP contribution in [0.4, 0.5) is 0 Å². The first-order valence-electron chi connectivity index (χ1n) is 6.62. The van der Waals surface area contributed by atoms with E-state index in [9.17, 15) is 0 Å². The molecule has 1 aliphatic heterocycles. The Balaban J connectivity index is 1.85. The van der Waals surface area contributed by atoms with Crippen LogP contribution in [-0.4, -0.2) is 22.6 Å². The summed E-state index contributed by atoms with van der Waals surface area (Å²) < 4.78 is 2.44. The van der Waals surface area contributed by atoms with Gasteiger partial charge in [-0.1, -0.05) is 13.3 Å². The highest BCUT2D eigenvalue weighted by Gasteiger charge is 2.31. The van der Waals surface area contributed by atoms with Crippen molar-refractivity contribution in [3.63, 3.8) is 0 Å². The Labute approximate surface area is 97.3 Å². The molecule has 3 nitrogen and oxygen atoms in total. The van der Waals surface area contributed by atoms with Gasteiger partial charge in [-0.2, -0.15) is 0 Å². The minimum Gasteiger partial charge on any atom is -0.331 e. The van der Waals surface area contributed by atoms with Crippen molar-refractivity contribution in [2.24, 2.45) is 5.92 Å². The van der Waals surface area contributed by atoms with Crippen LogP contribution < -0.4 is 5.32 Å². The lowest BCUT2D eigenvalue weighted by Gasteiger charge is -2.32. The SMILES string of the molecule is CCC1CNCCC1c1cncn1C1CC1. The first-order chi connectivity index (χ1) is 7.90. The Kier molecular flexibility index (Phi) is 2.72. The van der Waals surface area contributed by atoms with Crippen LogP contribution in [0.1, 0.15) is 50.3 Å². The van der Waals surface area contributed by atoms with Crippen molar-refractivity contribution < 1.29 is 0 Å². The third-order valence-electron chi connectivity index (χ3n) is 4.15. The molecule has 2 unspecified atom stereocenters. The molecule has 2 heterocycles. The highest BCUT2D eigenvalue weighted by molar-refractivity contribution is 5.12. The van der Waals surface area contributed by atoms with Gasteiger partial charge in [-0.05, 0) is 38.3 Å². The van der Waals surface area contributed by atoms with Crippen molar-refractivity contribution >= 4 is 0 Å². The van der Waals surface area contributed by atoms with E-state index in [0.717, 1.165) is 24.4 Å². The molecule has 1 saturated carbocycles. The molecule has 0 spiro atoms. The van der Waals surface area contributed by atoms with Crippen molar-refractivity contribution in [2.75, 3.05) is 13.1 Å². The van der Waals surface area contributed by atoms with Crippen molar-refractivity contribution in [1.82, 2.24) is 14.9 Å². The van der Waals surface area contributed by atoms with Crippen LogP contribution in [0.25, 0.3) is 0 Å². The van der Waals surface area contributed by atoms with Gasteiger partial charge in [0, 0.05) is 23.9 Å². The standard InChI is InChI=1S/C13H21N3/c1-2-10-7-14-6-5-12(10)13-8-15-9-16(13)11-3-4-11/h8-12,14H,2-7H2,1H3. The number of nitrogens with zero attached hydrogens (tertiary/aromatic N) is 2. The summed E-state index contributed by atoms with van der Waals surface area (Å²) in [7, 11) is 0. The second kappa shape index (κ2) is 4.21. The lowest BCUT2D eigenvalue weighted by atomic mass is 9.82. The van der Waals surface area contributed by atoms with Crippen molar-refractivity contribution in [1.29, 1.82) is 0 Å². The molecule has 1 N–H and O–H groups in total. The molecule has 88 valence electrons. The van der Waals surface area contributed by atoms with Crippen molar-refractivity contribution in [2.45, 2.75) is 44.6 Å². The molecule has 1 aromatic heterocycles. The zero-order valence-electron chi connectivity index (χ0n) is 10.0. The second-order valence-corrected chi connectivity index (χ2v) is 5.22. The fourth-order valence-electron chi connectivity index (χ4n) is 3.00. The molecule has 0 bridgehead atoms. The van der Waals surface area contributed by atoms with Crippen LogP contribution in [0, 0.1) is 5.92 Å². The maximum absolute atomic E-state index is 4.37. The van der Waals surface area contributed by atoms with Gasteiger partial charge in [0.1, 0.15) is 0 Å². The van der Waals surface area contributed by atoms with Gasteiger partial charge in [-0.3, -0.25) is 0 Å². The molecule has 2 atom stereocenters. The predicted molar refractivity (Wildman–Crippen MR) is 64.5 cm³/mol. The van der Waals surface area contributed by atoms with Crippen LogP contribution in [0.2, 0.25) is 0 Å². The van der Waals surface area contributed by atoms with E-state index < -0.39 is 0 Å². The molecule has 0 amide bonds. The number of aromatic nitrogens is 2. The molecule has 0 aromatic carbocycles. The molecule has 2 fully saturated rings.